The van der Waals surface area contributed by atoms with Gasteiger partial charge in [-0.3, -0.25) is 4.79 Å². The summed E-state index contributed by atoms with van der Waals surface area (Å²) in [6.07, 6.45) is 0.685. The fourth-order valence-corrected chi connectivity index (χ4v) is 1.05. The number of esters is 1. The van der Waals surface area contributed by atoms with Crippen LogP contribution >= 0.6 is 0 Å². The third kappa shape index (κ3) is 2.83. The summed E-state index contributed by atoms with van der Waals surface area (Å²) >= 11 is 0. The quantitative estimate of drug-likeness (QED) is 0.507. The van der Waals surface area contributed by atoms with Crippen LogP contribution in [-0.2, 0) is 16.0 Å². The first-order valence-corrected chi connectivity index (χ1v) is 4.77. The van der Waals surface area contributed by atoms with Gasteiger partial charge >= 0.3 is 5.97 Å². The molecule has 1 heterocycles. The molecule has 0 saturated heterocycles. The normalized spacial score (nSPS) is 10.0. The lowest BCUT2D eigenvalue weighted by Crippen LogP contribution is -2.22. The molecule has 3 N–H and O–H groups in total. The molecule has 0 amide bonds. The van der Waals surface area contributed by atoms with Crippen LogP contribution in [0.3, 0.4) is 0 Å². The second kappa shape index (κ2) is 5.18. The van der Waals surface area contributed by atoms with Gasteiger partial charge in [0.25, 0.3) is 0 Å². The van der Waals surface area contributed by atoms with E-state index in [-0.39, 0.29) is 12.5 Å². The molecule has 15 heavy (non-hydrogen) atoms. The predicted octanol–water partition coefficient (Wildman–Crippen LogP) is -0.471. The van der Waals surface area contributed by atoms with Gasteiger partial charge in [0.05, 0.1) is 6.61 Å². The monoisotopic (exact) mass is 213 g/mol. The number of aromatic nitrogens is 3. The summed E-state index contributed by atoms with van der Waals surface area (Å²) in [4.78, 5) is 11.0. The lowest BCUT2D eigenvalue weighted by Gasteiger charge is -2.05. The van der Waals surface area contributed by atoms with Crippen LogP contribution < -0.4 is 11.2 Å². The first kappa shape index (κ1) is 11.3. The summed E-state index contributed by atoms with van der Waals surface area (Å²) in [6.45, 7) is 4.06. The van der Waals surface area contributed by atoms with E-state index in [1.807, 2.05) is 6.92 Å². The van der Waals surface area contributed by atoms with E-state index in [0.29, 0.717) is 24.8 Å². The summed E-state index contributed by atoms with van der Waals surface area (Å²) in [7, 11) is 0. The van der Waals surface area contributed by atoms with Crippen molar-refractivity contribution in [3.63, 3.8) is 0 Å². The maximum Gasteiger partial charge on any atom is 0.325 e. The van der Waals surface area contributed by atoms with Crippen LogP contribution in [0.1, 0.15) is 19.7 Å². The van der Waals surface area contributed by atoms with Gasteiger partial charge in [-0.25, -0.2) is 4.68 Å². The third-order valence-electron chi connectivity index (χ3n) is 1.78. The Kier molecular flexibility index (Phi) is 3.90. The number of rotatable bonds is 5. The van der Waals surface area contributed by atoms with E-state index in [0.717, 1.165) is 0 Å². The average Bonchev–Trinajstić information content (AvgIpc) is 2.57. The third-order valence-corrected chi connectivity index (χ3v) is 1.78. The number of carbonyl (C=O) groups is 1. The van der Waals surface area contributed by atoms with Crippen molar-refractivity contribution in [3.05, 3.63) is 5.82 Å². The molecule has 0 bridgehead atoms. The Morgan fingerprint density at radius 1 is 1.53 bits per heavy atom. The Balaban J connectivity index is 2.50. The highest BCUT2D eigenvalue weighted by atomic mass is 16.5. The summed E-state index contributed by atoms with van der Waals surface area (Å²) in [5.41, 5.74) is 0. The van der Waals surface area contributed by atoms with E-state index >= 15 is 0 Å². The molecular formula is C8H15N5O2. The van der Waals surface area contributed by atoms with Crippen LogP contribution in [-0.4, -0.2) is 34.0 Å². The summed E-state index contributed by atoms with van der Waals surface area (Å²) in [6, 6.07) is 0. The smallest absolute Gasteiger partial charge is 0.325 e. The second-order valence-electron chi connectivity index (χ2n) is 2.82. The van der Waals surface area contributed by atoms with Crippen molar-refractivity contribution in [2.45, 2.75) is 20.3 Å². The molecule has 0 atom stereocenters. The van der Waals surface area contributed by atoms with Gasteiger partial charge in [-0.05, 0) is 6.92 Å². The van der Waals surface area contributed by atoms with E-state index in [1.54, 1.807) is 6.92 Å². The minimum Gasteiger partial charge on any atom is -0.465 e. The van der Waals surface area contributed by atoms with E-state index in [4.69, 9.17) is 10.6 Å². The predicted molar refractivity (Wildman–Crippen MR) is 54.7 cm³/mol. The molecule has 7 heteroatoms. The Morgan fingerprint density at radius 2 is 2.27 bits per heavy atom. The van der Waals surface area contributed by atoms with Gasteiger partial charge in [0.1, 0.15) is 6.54 Å². The number of nitrogens with two attached hydrogens (primary N) is 1. The van der Waals surface area contributed by atoms with Crippen LogP contribution in [0.2, 0.25) is 0 Å². The largest absolute Gasteiger partial charge is 0.465 e. The number of anilines is 1. The number of carbonyl (C=O) groups excluding carboxylic acids is 1. The Hall–Kier alpha value is -1.79. The van der Waals surface area contributed by atoms with Gasteiger partial charge in [-0.15, -0.1) is 10.2 Å². The van der Waals surface area contributed by atoms with Crippen molar-refractivity contribution < 1.29 is 9.53 Å². The molecule has 0 aromatic carbocycles. The van der Waals surface area contributed by atoms with Crippen molar-refractivity contribution in [1.29, 1.82) is 0 Å². The molecule has 7 nitrogen and oxygen atoms in total. The highest BCUT2D eigenvalue weighted by molar-refractivity contribution is 5.74. The zero-order valence-electron chi connectivity index (χ0n) is 8.86. The second-order valence-corrected chi connectivity index (χ2v) is 2.82. The van der Waals surface area contributed by atoms with Crippen LogP contribution in [0, 0.1) is 0 Å². The molecule has 0 fully saturated rings. The molecule has 1 rings (SSSR count). The standard InChI is InChI=1S/C8H15N5O2/c1-3-6-11-12-8(13(6)9)10-5-7(14)15-4-2/h3-5,9H2,1-2H3,(H,10,12). The van der Waals surface area contributed by atoms with E-state index in [2.05, 4.69) is 15.5 Å². The van der Waals surface area contributed by atoms with E-state index < -0.39 is 0 Å². The summed E-state index contributed by atoms with van der Waals surface area (Å²) < 4.78 is 6.06. The Bertz CT molecular complexity index is 336. The SMILES string of the molecule is CCOC(=O)CNc1nnc(CC)n1N. The molecular weight excluding hydrogens is 198 g/mol. The maximum atomic E-state index is 11.0. The van der Waals surface area contributed by atoms with E-state index in [1.165, 1.54) is 4.68 Å². The maximum absolute atomic E-state index is 11.0. The lowest BCUT2D eigenvalue weighted by atomic mass is 10.5. The average molecular weight is 213 g/mol. The molecule has 0 aliphatic heterocycles. The van der Waals surface area contributed by atoms with Crippen LogP contribution in [0.5, 0.6) is 0 Å². The van der Waals surface area contributed by atoms with Gasteiger partial charge in [-0.2, -0.15) is 0 Å². The number of nitrogens with zero attached hydrogens (tertiary/aromatic N) is 3. The number of nitrogens with one attached hydrogen (secondary N) is 1. The van der Waals surface area contributed by atoms with Crippen molar-refractivity contribution >= 4 is 11.9 Å². The topological polar surface area (TPSA) is 95.1 Å². The molecule has 0 radical (unpaired) electrons. The highest BCUT2D eigenvalue weighted by Gasteiger charge is 2.09. The number of aryl methyl sites for hydroxylation is 1. The zero-order chi connectivity index (χ0) is 11.3. The van der Waals surface area contributed by atoms with Crippen molar-refractivity contribution in [3.8, 4) is 0 Å². The van der Waals surface area contributed by atoms with Crippen molar-refractivity contribution in [1.82, 2.24) is 14.9 Å². The van der Waals surface area contributed by atoms with Crippen LogP contribution in [0.4, 0.5) is 5.95 Å². The molecule has 84 valence electrons. The molecule has 0 unspecified atom stereocenters. The number of ether oxygens (including phenoxy) is 1. The van der Waals surface area contributed by atoms with E-state index in [9.17, 15) is 4.79 Å². The van der Waals surface area contributed by atoms with Crippen LogP contribution in [0.25, 0.3) is 0 Å². The molecule has 0 aliphatic rings. The van der Waals surface area contributed by atoms with Crippen molar-refractivity contribution in [2.75, 3.05) is 24.3 Å². The van der Waals surface area contributed by atoms with Gasteiger partial charge in [-0.1, -0.05) is 6.92 Å². The first-order valence-electron chi connectivity index (χ1n) is 4.77. The number of nitrogen functional groups attached to an aromatic ring is 1. The summed E-state index contributed by atoms with van der Waals surface area (Å²) in [5, 5.41) is 10.4. The number of hydrogen-bond donors (Lipinski definition) is 2. The fraction of sp³-hybridized carbons (Fsp3) is 0.625. The van der Waals surface area contributed by atoms with Crippen molar-refractivity contribution in [2.24, 2.45) is 0 Å². The Labute approximate surface area is 87.6 Å². The molecule has 0 saturated carbocycles. The van der Waals surface area contributed by atoms with Gasteiger partial charge in [0.2, 0.25) is 5.95 Å². The van der Waals surface area contributed by atoms with Crippen LogP contribution in [0.15, 0.2) is 0 Å². The zero-order valence-corrected chi connectivity index (χ0v) is 8.86. The number of hydrogen-bond acceptors (Lipinski definition) is 6. The minimum atomic E-state index is -0.349. The first-order chi connectivity index (χ1) is 7.19. The molecule has 1 aromatic rings. The fourth-order valence-electron chi connectivity index (χ4n) is 1.05. The molecule has 0 spiro atoms. The Morgan fingerprint density at radius 3 is 2.80 bits per heavy atom. The van der Waals surface area contributed by atoms with Gasteiger partial charge < -0.3 is 15.9 Å². The summed E-state index contributed by atoms with van der Waals surface area (Å²) in [5.74, 6) is 6.32. The minimum absolute atomic E-state index is 0.0346. The lowest BCUT2D eigenvalue weighted by molar-refractivity contribution is -0.140. The van der Waals surface area contributed by atoms with Gasteiger partial charge in [0, 0.05) is 6.42 Å². The molecule has 1 aromatic heterocycles. The van der Waals surface area contributed by atoms with Gasteiger partial charge in [0.15, 0.2) is 5.82 Å². The highest BCUT2D eigenvalue weighted by Crippen LogP contribution is 2.02. The molecule has 0 aliphatic carbocycles.